The van der Waals surface area contributed by atoms with Crippen LogP contribution in [0, 0.1) is 0 Å². The zero-order chi connectivity index (χ0) is 22.6. The summed E-state index contributed by atoms with van der Waals surface area (Å²) in [6, 6.07) is 37.3. The van der Waals surface area contributed by atoms with Crippen molar-refractivity contribution in [2.45, 2.75) is 0 Å². The highest BCUT2D eigenvalue weighted by molar-refractivity contribution is 6.37. The Labute approximate surface area is 201 Å². The number of benzene rings is 5. The van der Waals surface area contributed by atoms with Crippen LogP contribution in [0.25, 0.3) is 44.1 Å². The molecule has 0 bridgehead atoms. The van der Waals surface area contributed by atoms with Crippen LogP contribution in [0.1, 0.15) is 0 Å². The minimum Gasteiger partial charge on any atom is -0.278 e. The van der Waals surface area contributed by atoms with Crippen molar-refractivity contribution in [3.05, 3.63) is 114 Å². The Kier molecular flexibility index (Phi) is 4.20. The Hall–Kier alpha value is -4.21. The number of hydrogen-bond acceptors (Lipinski definition) is 3. The zero-order valence-electron chi connectivity index (χ0n) is 18.1. The minimum absolute atomic E-state index is 0.642. The Morgan fingerprint density at radius 1 is 0.559 bits per heavy atom. The van der Waals surface area contributed by atoms with Crippen LogP contribution in [-0.4, -0.2) is 9.97 Å². The van der Waals surface area contributed by atoms with Crippen molar-refractivity contribution in [1.82, 2.24) is 9.97 Å². The first-order valence-corrected chi connectivity index (χ1v) is 11.6. The van der Waals surface area contributed by atoms with E-state index in [1.807, 2.05) is 48.5 Å². The summed E-state index contributed by atoms with van der Waals surface area (Å²) in [5, 5.41) is 3.92. The second-order valence-electron chi connectivity index (χ2n) is 8.40. The molecule has 0 aliphatic carbocycles. The van der Waals surface area contributed by atoms with Crippen molar-refractivity contribution in [2.75, 3.05) is 4.90 Å². The fourth-order valence-corrected chi connectivity index (χ4v) is 5.21. The molecule has 0 radical (unpaired) electrons. The van der Waals surface area contributed by atoms with Crippen LogP contribution in [-0.2, 0) is 0 Å². The van der Waals surface area contributed by atoms with Crippen LogP contribution in [0.4, 0.5) is 17.3 Å². The zero-order valence-corrected chi connectivity index (χ0v) is 18.9. The van der Waals surface area contributed by atoms with Crippen LogP contribution < -0.4 is 4.90 Å². The highest BCUT2D eigenvalue weighted by atomic mass is 35.5. The summed E-state index contributed by atoms with van der Waals surface area (Å²) >= 11 is 6.64. The van der Waals surface area contributed by atoms with Crippen LogP contribution in [0.2, 0.25) is 5.02 Å². The molecule has 1 aromatic heterocycles. The molecule has 6 aromatic rings. The van der Waals surface area contributed by atoms with E-state index in [9.17, 15) is 0 Å². The van der Waals surface area contributed by atoms with Gasteiger partial charge in [0, 0.05) is 32.3 Å². The van der Waals surface area contributed by atoms with Gasteiger partial charge in [0.15, 0.2) is 0 Å². The van der Waals surface area contributed by atoms with Crippen LogP contribution in [0.5, 0.6) is 0 Å². The maximum Gasteiger partial charge on any atom is 0.235 e. The van der Waals surface area contributed by atoms with E-state index in [4.69, 9.17) is 21.6 Å². The van der Waals surface area contributed by atoms with Crippen molar-refractivity contribution in [3.8, 4) is 22.4 Å². The molecule has 160 valence electrons. The quantitative estimate of drug-likeness (QED) is 0.261. The smallest absolute Gasteiger partial charge is 0.235 e. The fraction of sp³-hybridized carbons (Fsp3) is 0. The van der Waals surface area contributed by atoms with Gasteiger partial charge >= 0.3 is 0 Å². The molecule has 5 aromatic carbocycles. The number of anilines is 3. The van der Waals surface area contributed by atoms with Gasteiger partial charge in [-0.2, -0.15) is 0 Å². The predicted molar refractivity (Wildman–Crippen MR) is 141 cm³/mol. The molecular formula is C30H18ClN3. The maximum absolute atomic E-state index is 6.64. The van der Waals surface area contributed by atoms with Crippen LogP contribution in [0.15, 0.2) is 109 Å². The lowest BCUT2D eigenvalue weighted by atomic mass is 9.91. The molecule has 4 heteroatoms. The van der Waals surface area contributed by atoms with Gasteiger partial charge in [-0.05, 0) is 29.8 Å². The van der Waals surface area contributed by atoms with Crippen LogP contribution >= 0.6 is 11.6 Å². The molecule has 0 spiro atoms. The fourth-order valence-electron chi connectivity index (χ4n) is 4.98. The van der Waals surface area contributed by atoms with Crippen LogP contribution in [0.3, 0.4) is 0 Å². The third-order valence-corrected chi connectivity index (χ3v) is 6.81. The van der Waals surface area contributed by atoms with Crippen molar-refractivity contribution in [3.63, 3.8) is 0 Å². The second-order valence-corrected chi connectivity index (χ2v) is 8.81. The van der Waals surface area contributed by atoms with Gasteiger partial charge in [0.05, 0.1) is 22.6 Å². The molecule has 0 amide bonds. The number of aromatic nitrogens is 2. The molecule has 1 aliphatic rings. The van der Waals surface area contributed by atoms with E-state index in [2.05, 4.69) is 65.6 Å². The van der Waals surface area contributed by atoms with Gasteiger partial charge in [-0.15, -0.1) is 0 Å². The van der Waals surface area contributed by atoms with E-state index < -0.39 is 0 Å². The van der Waals surface area contributed by atoms with Gasteiger partial charge in [-0.1, -0.05) is 96.5 Å². The van der Waals surface area contributed by atoms with E-state index >= 15 is 0 Å². The van der Waals surface area contributed by atoms with Crippen molar-refractivity contribution >= 4 is 50.6 Å². The summed E-state index contributed by atoms with van der Waals surface area (Å²) in [6.45, 7) is 0. The third-order valence-electron chi connectivity index (χ3n) is 6.48. The molecule has 0 atom stereocenters. The first-order chi connectivity index (χ1) is 16.8. The predicted octanol–water partition coefficient (Wildman–Crippen LogP) is 8.55. The topological polar surface area (TPSA) is 29.0 Å². The van der Waals surface area contributed by atoms with Gasteiger partial charge in [-0.3, -0.25) is 4.90 Å². The number of fused-ring (bicyclic) bond motifs is 3. The van der Waals surface area contributed by atoms with Gasteiger partial charge in [0.2, 0.25) is 5.95 Å². The van der Waals surface area contributed by atoms with Gasteiger partial charge in [-0.25, -0.2) is 9.97 Å². The minimum atomic E-state index is 0.642. The first kappa shape index (κ1) is 19.3. The lowest BCUT2D eigenvalue weighted by Crippen LogP contribution is -2.18. The largest absolute Gasteiger partial charge is 0.278 e. The average molecular weight is 456 g/mol. The molecule has 0 saturated carbocycles. The molecule has 3 nitrogen and oxygen atoms in total. The van der Waals surface area contributed by atoms with E-state index in [-0.39, 0.29) is 0 Å². The van der Waals surface area contributed by atoms with Crippen molar-refractivity contribution in [2.24, 2.45) is 0 Å². The molecule has 34 heavy (non-hydrogen) atoms. The number of para-hydroxylation sites is 2. The maximum atomic E-state index is 6.64. The van der Waals surface area contributed by atoms with E-state index in [0.29, 0.717) is 5.95 Å². The normalized spacial score (nSPS) is 12.2. The molecule has 0 saturated heterocycles. The Bertz CT molecular complexity index is 1730. The van der Waals surface area contributed by atoms with Gasteiger partial charge in [0.1, 0.15) is 0 Å². The number of halogens is 1. The molecule has 0 fully saturated rings. The first-order valence-electron chi connectivity index (χ1n) is 11.2. The lowest BCUT2D eigenvalue weighted by molar-refractivity contribution is 1.11. The molecule has 0 N–H and O–H groups in total. The van der Waals surface area contributed by atoms with E-state index in [1.54, 1.807) is 0 Å². The Morgan fingerprint density at radius 2 is 1.29 bits per heavy atom. The highest BCUT2D eigenvalue weighted by Crippen LogP contribution is 2.51. The summed E-state index contributed by atoms with van der Waals surface area (Å²) in [7, 11) is 0. The molecule has 0 unspecified atom stereocenters. The second kappa shape index (κ2) is 7.41. The van der Waals surface area contributed by atoms with Gasteiger partial charge in [0.25, 0.3) is 0 Å². The molecule has 1 aliphatic heterocycles. The van der Waals surface area contributed by atoms with Gasteiger partial charge < -0.3 is 0 Å². The number of hydrogen-bond donors (Lipinski definition) is 0. The molecule has 2 heterocycles. The molecular weight excluding hydrogens is 438 g/mol. The third kappa shape index (κ3) is 2.77. The number of nitrogens with zero attached hydrogens (tertiary/aromatic N) is 3. The highest BCUT2D eigenvalue weighted by Gasteiger charge is 2.28. The summed E-state index contributed by atoms with van der Waals surface area (Å²) in [5.41, 5.74) is 7.29. The lowest BCUT2D eigenvalue weighted by Gasteiger charge is -2.32. The Morgan fingerprint density at radius 3 is 2.21 bits per heavy atom. The molecule has 7 rings (SSSR count). The average Bonchev–Trinajstić information content (AvgIpc) is 2.90. The summed E-state index contributed by atoms with van der Waals surface area (Å²) in [4.78, 5) is 12.4. The monoisotopic (exact) mass is 455 g/mol. The van der Waals surface area contributed by atoms with E-state index in [0.717, 1.165) is 54.9 Å². The summed E-state index contributed by atoms with van der Waals surface area (Å²) in [5.74, 6) is 0.642. The van der Waals surface area contributed by atoms with Crippen molar-refractivity contribution in [1.29, 1.82) is 0 Å². The number of rotatable bonds is 2. The summed E-state index contributed by atoms with van der Waals surface area (Å²) < 4.78 is 0. The van der Waals surface area contributed by atoms with Crippen molar-refractivity contribution < 1.29 is 0 Å². The SMILES string of the molecule is Clc1ccc2c3c(cccc13)N(c1nc(-c3ccccc3)c3ccccc3n1)c1ccccc1-2. The standard InChI is InChI=1S/C30H18ClN3/c31-24-18-17-21-20-11-5-7-15-26(20)34(27-16-8-13-22(24)28(21)27)30-32-25-14-6-4-12-23(25)29(33-30)19-9-2-1-3-10-19/h1-18H. The van der Waals surface area contributed by atoms with E-state index in [1.165, 1.54) is 5.56 Å². The summed E-state index contributed by atoms with van der Waals surface area (Å²) in [6.07, 6.45) is 0. The Balaban J connectivity index is 1.59.